The highest BCUT2D eigenvalue weighted by Gasteiger charge is 2.01. The Hall–Kier alpha value is -1.02. The van der Waals surface area contributed by atoms with Crippen molar-refractivity contribution in [2.24, 2.45) is 0 Å². The molecule has 0 amide bonds. The van der Waals surface area contributed by atoms with Gasteiger partial charge in [0.2, 0.25) is 0 Å². The molecule has 1 rings (SSSR count). The lowest BCUT2D eigenvalue weighted by Crippen LogP contribution is -1.91. The molecule has 0 aliphatic rings. The second-order valence-corrected chi connectivity index (χ2v) is 4.39. The maximum absolute atomic E-state index is 11.3. The molecular weight excluding hydrogens is 204 g/mol. The van der Waals surface area contributed by atoms with Crippen LogP contribution in [0.1, 0.15) is 30.9 Å². The standard InChI is InChI=1S/C13H16OS/c1-3-6-13(14)15-10-12-8-5-7-11(4-2)9-12/h4-5,7-9H,2-3,6,10H2,1H3. The van der Waals surface area contributed by atoms with Crippen molar-refractivity contribution < 1.29 is 4.79 Å². The van der Waals surface area contributed by atoms with Crippen molar-refractivity contribution in [3.63, 3.8) is 0 Å². The molecule has 0 aromatic heterocycles. The molecule has 0 unspecified atom stereocenters. The van der Waals surface area contributed by atoms with Gasteiger partial charge in [0.05, 0.1) is 0 Å². The normalized spacial score (nSPS) is 9.93. The summed E-state index contributed by atoms with van der Waals surface area (Å²) >= 11 is 1.40. The van der Waals surface area contributed by atoms with E-state index in [-0.39, 0.29) is 5.12 Å². The van der Waals surface area contributed by atoms with E-state index in [1.165, 1.54) is 17.3 Å². The summed E-state index contributed by atoms with van der Waals surface area (Å²) in [7, 11) is 0. The van der Waals surface area contributed by atoms with Crippen LogP contribution in [0, 0.1) is 0 Å². The minimum absolute atomic E-state index is 0.279. The summed E-state index contributed by atoms with van der Waals surface area (Å²) in [5, 5.41) is 0.279. The molecule has 0 radical (unpaired) electrons. The van der Waals surface area contributed by atoms with Gasteiger partial charge in [-0.15, -0.1) is 0 Å². The summed E-state index contributed by atoms with van der Waals surface area (Å²) in [4.78, 5) is 11.3. The van der Waals surface area contributed by atoms with E-state index in [0.29, 0.717) is 6.42 Å². The number of rotatable bonds is 5. The van der Waals surface area contributed by atoms with Crippen molar-refractivity contribution >= 4 is 23.0 Å². The molecule has 80 valence electrons. The van der Waals surface area contributed by atoms with E-state index in [0.717, 1.165) is 17.7 Å². The molecule has 1 nitrogen and oxygen atoms in total. The van der Waals surface area contributed by atoms with Gasteiger partial charge in [0.25, 0.3) is 0 Å². The molecule has 0 bridgehead atoms. The van der Waals surface area contributed by atoms with Gasteiger partial charge in [-0.3, -0.25) is 4.79 Å². The number of thioether (sulfide) groups is 1. The molecule has 0 aliphatic heterocycles. The average molecular weight is 220 g/mol. The van der Waals surface area contributed by atoms with E-state index >= 15 is 0 Å². The van der Waals surface area contributed by atoms with E-state index < -0.39 is 0 Å². The number of carbonyl (C=O) groups excluding carboxylic acids is 1. The maximum Gasteiger partial charge on any atom is 0.189 e. The Morgan fingerprint density at radius 2 is 2.33 bits per heavy atom. The highest BCUT2D eigenvalue weighted by molar-refractivity contribution is 8.12. The van der Waals surface area contributed by atoms with Crippen LogP contribution in [-0.4, -0.2) is 5.12 Å². The predicted octanol–water partition coefficient (Wildman–Crippen LogP) is 3.89. The molecule has 0 aliphatic carbocycles. The molecule has 15 heavy (non-hydrogen) atoms. The summed E-state index contributed by atoms with van der Waals surface area (Å²) < 4.78 is 0. The van der Waals surface area contributed by atoms with Gasteiger partial charge in [0, 0.05) is 12.2 Å². The topological polar surface area (TPSA) is 17.1 Å². The summed E-state index contributed by atoms with van der Waals surface area (Å²) in [6.45, 7) is 5.75. The van der Waals surface area contributed by atoms with Crippen LogP contribution < -0.4 is 0 Å². The minimum Gasteiger partial charge on any atom is -0.287 e. The molecular formula is C13H16OS. The number of benzene rings is 1. The molecule has 0 heterocycles. The van der Waals surface area contributed by atoms with Crippen molar-refractivity contribution in [2.75, 3.05) is 0 Å². The van der Waals surface area contributed by atoms with E-state index in [1.54, 1.807) is 0 Å². The summed E-state index contributed by atoms with van der Waals surface area (Å²) in [5.41, 5.74) is 2.29. The third kappa shape index (κ3) is 4.34. The van der Waals surface area contributed by atoms with Crippen LogP contribution in [0.2, 0.25) is 0 Å². The second kappa shape index (κ2) is 6.46. The van der Waals surface area contributed by atoms with E-state index in [9.17, 15) is 4.79 Å². The highest BCUT2D eigenvalue weighted by Crippen LogP contribution is 2.16. The van der Waals surface area contributed by atoms with Crippen molar-refractivity contribution in [2.45, 2.75) is 25.5 Å². The van der Waals surface area contributed by atoms with E-state index in [2.05, 4.69) is 12.6 Å². The van der Waals surface area contributed by atoms with Crippen LogP contribution in [0.4, 0.5) is 0 Å². The van der Waals surface area contributed by atoms with E-state index in [1.807, 2.05) is 31.2 Å². The first-order valence-electron chi connectivity index (χ1n) is 5.13. The van der Waals surface area contributed by atoms with Crippen LogP contribution in [-0.2, 0) is 10.5 Å². The van der Waals surface area contributed by atoms with Gasteiger partial charge in [0.1, 0.15) is 0 Å². The lowest BCUT2D eigenvalue weighted by molar-refractivity contribution is -0.111. The van der Waals surface area contributed by atoms with Crippen molar-refractivity contribution in [1.29, 1.82) is 0 Å². The molecule has 1 aromatic rings. The Labute approximate surface area is 95.6 Å². The first-order valence-corrected chi connectivity index (χ1v) is 6.12. The fourth-order valence-corrected chi connectivity index (χ4v) is 2.11. The van der Waals surface area contributed by atoms with Gasteiger partial charge in [-0.25, -0.2) is 0 Å². The molecule has 1 aromatic carbocycles. The van der Waals surface area contributed by atoms with Crippen LogP contribution in [0.15, 0.2) is 30.8 Å². The zero-order valence-corrected chi connectivity index (χ0v) is 9.85. The van der Waals surface area contributed by atoms with Crippen LogP contribution in [0.3, 0.4) is 0 Å². The second-order valence-electron chi connectivity index (χ2n) is 3.36. The van der Waals surface area contributed by atoms with Gasteiger partial charge in [0.15, 0.2) is 5.12 Å². The average Bonchev–Trinajstić information content (AvgIpc) is 2.27. The van der Waals surface area contributed by atoms with Gasteiger partial charge in [-0.05, 0) is 17.5 Å². The number of hydrogen-bond donors (Lipinski definition) is 0. The fourth-order valence-electron chi connectivity index (χ4n) is 1.25. The van der Waals surface area contributed by atoms with Crippen LogP contribution >= 0.6 is 11.8 Å². The van der Waals surface area contributed by atoms with Crippen LogP contribution in [0.5, 0.6) is 0 Å². The van der Waals surface area contributed by atoms with Gasteiger partial charge >= 0.3 is 0 Å². The van der Waals surface area contributed by atoms with Crippen LogP contribution in [0.25, 0.3) is 6.08 Å². The zero-order chi connectivity index (χ0) is 11.1. The highest BCUT2D eigenvalue weighted by atomic mass is 32.2. The zero-order valence-electron chi connectivity index (χ0n) is 9.03. The predicted molar refractivity (Wildman–Crippen MR) is 67.7 cm³/mol. The Morgan fingerprint density at radius 3 is 3.00 bits per heavy atom. The Morgan fingerprint density at radius 1 is 1.53 bits per heavy atom. The molecule has 0 N–H and O–H groups in total. The molecule has 0 atom stereocenters. The largest absolute Gasteiger partial charge is 0.287 e. The van der Waals surface area contributed by atoms with Crippen molar-refractivity contribution in [3.05, 3.63) is 42.0 Å². The molecule has 0 fully saturated rings. The quantitative estimate of drug-likeness (QED) is 0.749. The van der Waals surface area contributed by atoms with E-state index in [4.69, 9.17) is 0 Å². The summed E-state index contributed by atoms with van der Waals surface area (Å²) in [6, 6.07) is 8.12. The third-order valence-electron chi connectivity index (χ3n) is 2.04. The molecule has 0 spiro atoms. The lowest BCUT2D eigenvalue weighted by atomic mass is 10.1. The van der Waals surface area contributed by atoms with Crippen molar-refractivity contribution in [1.82, 2.24) is 0 Å². The molecule has 0 saturated heterocycles. The summed E-state index contributed by atoms with van der Waals surface area (Å²) in [6.07, 6.45) is 3.42. The third-order valence-corrected chi connectivity index (χ3v) is 3.04. The van der Waals surface area contributed by atoms with Gasteiger partial charge in [-0.1, -0.05) is 55.6 Å². The van der Waals surface area contributed by atoms with Gasteiger partial charge < -0.3 is 0 Å². The first kappa shape index (κ1) is 12.1. The Kier molecular flexibility index (Phi) is 5.19. The summed E-state index contributed by atoms with van der Waals surface area (Å²) in [5.74, 6) is 0.764. The molecule has 2 heteroatoms. The molecule has 0 saturated carbocycles. The monoisotopic (exact) mass is 220 g/mol. The van der Waals surface area contributed by atoms with Crippen molar-refractivity contribution in [3.8, 4) is 0 Å². The minimum atomic E-state index is 0.279. The Bertz CT molecular complexity index is 344. The number of hydrogen-bond acceptors (Lipinski definition) is 2. The smallest absolute Gasteiger partial charge is 0.189 e. The number of carbonyl (C=O) groups is 1. The fraction of sp³-hybridized carbons (Fsp3) is 0.308. The maximum atomic E-state index is 11.3. The Balaban J connectivity index is 2.50. The SMILES string of the molecule is C=Cc1cccc(CSC(=O)CCC)c1. The van der Waals surface area contributed by atoms with Gasteiger partial charge in [-0.2, -0.15) is 0 Å². The lowest BCUT2D eigenvalue weighted by Gasteiger charge is -2.01. The first-order chi connectivity index (χ1) is 7.26.